The number of fused-ring (bicyclic) bond motifs is 1. The summed E-state index contributed by atoms with van der Waals surface area (Å²) in [5.41, 5.74) is 2.97. The molecule has 0 atom stereocenters. The largest absolute Gasteiger partial charge is 0.301 e. The highest BCUT2D eigenvalue weighted by Gasteiger charge is 2.25. The first kappa shape index (κ1) is 22.0. The van der Waals surface area contributed by atoms with Crippen LogP contribution in [0.4, 0.5) is 5.69 Å². The average Bonchev–Trinajstić information content (AvgIpc) is 2.77. The number of aryl methyl sites for hydroxylation is 1. The molecule has 0 spiro atoms. The lowest BCUT2D eigenvalue weighted by Crippen LogP contribution is -2.32. The highest BCUT2D eigenvalue weighted by atomic mass is 79.9. The fourth-order valence-electron chi connectivity index (χ4n) is 3.41. The van der Waals surface area contributed by atoms with Crippen LogP contribution in [0.3, 0.4) is 0 Å². The highest BCUT2D eigenvalue weighted by Crippen LogP contribution is 2.30. The van der Waals surface area contributed by atoms with E-state index < -0.39 is 9.84 Å². The van der Waals surface area contributed by atoms with Gasteiger partial charge in [-0.15, -0.1) is 0 Å². The molecule has 0 N–H and O–H groups in total. The molecule has 162 valence electrons. The molecule has 0 bridgehead atoms. The molecule has 0 saturated carbocycles. The fraction of sp³-hybridized carbons (Fsp3) is 0.130. The third-order valence-electron chi connectivity index (χ3n) is 4.84. The highest BCUT2D eigenvalue weighted by molar-refractivity contribution is 9.10. The van der Waals surface area contributed by atoms with Gasteiger partial charge < -0.3 is 4.90 Å². The van der Waals surface area contributed by atoms with Crippen LogP contribution in [0, 0.1) is 6.92 Å². The first-order chi connectivity index (χ1) is 15.2. The Morgan fingerprint density at radius 3 is 2.59 bits per heavy atom. The summed E-state index contributed by atoms with van der Waals surface area (Å²) in [6.45, 7) is 2.03. The second-order valence-corrected chi connectivity index (χ2v) is 10.1. The smallest absolute Gasteiger partial charge is 0.260 e. The molecule has 7 nitrogen and oxygen atoms in total. The molecule has 0 fully saturated rings. The molecule has 1 aromatic carbocycles. The SMILES string of the molecule is Cc1ccc2c(Br)cc(CN(C(=O)c3cccnc3)c3cccnc3S(C)(=O)=O)cc2n1. The molecule has 0 radical (unpaired) electrons. The van der Waals surface area contributed by atoms with Gasteiger partial charge in [0, 0.05) is 40.4 Å². The molecule has 3 aromatic heterocycles. The lowest BCUT2D eigenvalue weighted by atomic mass is 10.1. The topological polar surface area (TPSA) is 93.1 Å². The number of halogens is 1. The number of amides is 1. The van der Waals surface area contributed by atoms with Crippen LogP contribution in [0.25, 0.3) is 10.9 Å². The Hall–Kier alpha value is -3.17. The van der Waals surface area contributed by atoms with E-state index in [1.807, 2.05) is 31.2 Å². The summed E-state index contributed by atoms with van der Waals surface area (Å²) in [6, 6.07) is 14.2. The average molecular weight is 511 g/mol. The number of carbonyl (C=O) groups excluding carboxylic acids is 1. The van der Waals surface area contributed by atoms with Gasteiger partial charge in [0.1, 0.15) is 0 Å². The summed E-state index contributed by atoms with van der Waals surface area (Å²) in [5.74, 6) is -0.385. The summed E-state index contributed by atoms with van der Waals surface area (Å²) in [7, 11) is -3.68. The monoisotopic (exact) mass is 510 g/mol. The lowest BCUT2D eigenvalue weighted by Gasteiger charge is -2.24. The number of hydrogen-bond donors (Lipinski definition) is 0. The fourth-order valence-corrected chi connectivity index (χ4v) is 4.85. The maximum atomic E-state index is 13.5. The first-order valence-electron chi connectivity index (χ1n) is 9.67. The summed E-state index contributed by atoms with van der Waals surface area (Å²) < 4.78 is 25.6. The van der Waals surface area contributed by atoms with Crippen molar-refractivity contribution in [2.75, 3.05) is 11.2 Å². The zero-order chi connectivity index (χ0) is 22.9. The molecule has 9 heteroatoms. The molecule has 32 heavy (non-hydrogen) atoms. The standard InChI is InChI=1S/C23H19BrN4O3S/c1-15-7-8-18-19(24)11-16(12-20(18)27-15)14-28(23(29)17-5-3-9-25-13-17)21-6-4-10-26-22(21)32(2,30)31/h3-13H,14H2,1-2H3. The maximum Gasteiger partial charge on any atom is 0.260 e. The molecule has 3 heterocycles. The molecule has 0 aliphatic heterocycles. The van der Waals surface area contributed by atoms with Crippen molar-refractivity contribution in [3.8, 4) is 0 Å². The Morgan fingerprint density at radius 1 is 1.09 bits per heavy atom. The van der Waals surface area contributed by atoms with Gasteiger partial charge >= 0.3 is 0 Å². The van der Waals surface area contributed by atoms with E-state index in [1.165, 1.54) is 17.3 Å². The van der Waals surface area contributed by atoms with Gasteiger partial charge in [-0.1, -0.05) is 15.9 Å². The third-order valence-corrected chi connectivity index (χ3v) is 6.52. The zero-order valence-corrected chi connectivity index (χ0v) is 19.8. The van der Waals surface area contributed by atoms with Crippen molar-refractivity contribution in [1.82, 2.24) is 15.0 Å². The van der Waals surface area contributed by atoms with Gasteiger partial charge in [0.2, 0.25) is 0 Å². The van der Waals surface area contributed by atoms with Gasteiger partial charge in [0.05, 0.1) is 23.3 Å². The van der Waals surface area contributed by atoms with Gasteiger partial charge in [-0.25, -0.2) is 13.4 Å². The summed E-state index contributed by atoms with van der Waals surface area (Å²) in [6.07, 6.45) is 5.49. The van der Waals surface area contributed by atoms with E-state index in [2.05, 4.69) is 30.9 Å². The van der Waals surface area contributed by atoms with Crippen molar-refractivity contribution < 1.29 is 13.2 Å². The van der Waals surface area contributed by atoms with E-state index in [0.717, 1.165) is 32.9 Å². The second-order valence-electron chi connectivity index (χ2n) is 7.33. The number of anilines is 1. The maximum absolute atomic E-state index is 13.5. The summed E-state index contributed by atoms with van der Waals surface area (Å²) in [5, 5.41) is 0.786. The van der Waals surface area contributed by atoms with Gasteiger partial charge in [-0.3, -0.25) is 14.8 Å². The molecule has 0 aliphatic carbocycles. The second kappa shape index (κ2) is 8.76. The Balaban J connectivity index is 1.86. The van der Waals surface area contributed by atoms with E-state index in [0.29, 0.717) is 5.56 Å². The van der Waals surface area contributed by atoms with E-state index in [1.54, 1.807) is 30.5 Å². The Morgan fingerprint density at radius 2 is 1.88 bits per heavy atom. The number of pyridine rings is 3. The number of sulfone groups is 1. The van der Waals surface area contributed by atoms with Gasteiger partial charge in [0.15, 0.2) is 14.9 Å². The van der Waals surface area contributed by atoms with Crippen LogP contribution in [0.5, 0.6) is 0 Å². The predicted octanol–water partition coefficient (Wildman–Crippen LogP) is 4.35. The summed E-state index contributed by atoms with van der Waals surface area (Å²) in [4.78, 5) is 27.5. The van der Waals surface area contributed by atoms with Crippen molar-refractivity contribution in [2.45, 2.75) is 18.5 Å². The van der Waals surface area contributed by atoms with Gasteiger partial charge in [-0.05, 0) is 61.0 Å². The minimum absolute atomic E-state index is 0.117. The van der Waals surface area contributed by atoms with Crippen molar-refractivity contribution >= 4 is 48.3 Å². The molecule has 0 aliphatic rings. The van der Waals surface area contributed by atoms with Crippen molar-refractivity contribution in [3.63, 3.8) is 0 Å². The van der Waals surface area contributed by atoms with E-state index in [9.17, 15) is 13.2 Å². The molecule has 1 amide bonds. The molecular formula is C23H19BrN4O3S. The number of nitrogens with zero attached hydrogens (tertiary/aromatic N) is 4. The van der Waals surface area contributed by atoms with Crippen LogP contribution in [-0.2, 0) is 16.4 Å². The van der Waals surface area contributed by atoms with Crippen LogP contribution in [-0.4, -0.2) is 35.5 Å². The van der Waals surface area contributed by atoms with Crippen LogP contribution in [0.15, 0.2) is 76.6 Å². The first-order valence-corrected chi connectivity index (χ1v) is 12.4. The van der Waals surface area contributed by atoms with Crippen molar-refractivity contribution in [1.29, 1.82) is 0 Å². The number of benzene rings is 1. The number of rotatable bonds is 5. The predicted molar refractivity (Wildman–Crippen MR) is 126 cm³/mol. The van der Waals surface area contributed by atoms with Gasteiger partial charge in [-0.2, -0.15) is 0 Å². The summed E-state index contributed by atoms with van der Waals surface area (Å²) >= 11 is 3.58. The van der Waals surface area contributed by atoms with E-state index in [-0.39, 0.29) is 23.2 Å². The Kier molecular flexibility index (Phi) is 6.03. The van der Waals surface area contributed by atoms with E-state index in [4.69, 9.17) is 0 Å². The minimum atomic E-state index is -3.68. The minimum Gasteiger partial charge on any atom is -0.301 e. The number of carbonyl (C=O) groups is 1. The Labute approximate surface area is 194 Å². The zero-order valence-electron chi connectivity index (χ0n) is 17.4. The third kappa shape index (κ3) is 4.53. The van der Waals surface area contributed by atoms with Crippen molar-refractivity contribution in [2.24, 2.45) is 0 Å². The van der Waals surface area contributed by atoms with Crippen LogP contribution in [0.1, 0.15) is 21.6 Å². The van der Waals surface area contributed by atoms with Crippen molar-refractivity contribution in [3.05, 3.63) is 88.4 Å². The van der Waals surface area contributed by atoms with Gasteiger partial charge in [0.25, 0.3) is 5.91 Å². The molecule has 0 saturated heterocycles. The molecular weight excluding hydrogens is 492 g/mol. The number of aromatic nitrogens is 3. The number of hydrogen-bond acceptors (Lipinski definition) is 6. The molecule has 4 rings (SSSR count). The van der Waals surface area contributed by atoms with Crippen LogP contribution < -0.4 is 4.90 Å². The van der Waals surface area contributed by atoms with Crippen LogP contribution in [0.2, 0.25) is 0 Å². The molecule has 0 unspecified atom stereocenters. The quantitative estimate of drug-likeness (QED) is 0.396. The lowest BCUT2D eigenvalue weighted by molar-refractivity contribution is 0.0984. The molecule has 4 aromatic rings. The van der Waals surface area contributed by atoms with Crippen LogP contribution >= 0.6 is 15.9 Å². The van der Waals surface area contributed by atoms with E-state index >= 15 is 0 Å². The normalized spacial score (nSPS) is 11.5. The Bertz CT molecular complexity index is 1430.